The molecule has 0 aliphatic carbocycles. The first-order valence-electron chi connectivity index (χ1n) is 4.84. The van der Waals surface area contributed by atoms with Crippen LogP contribution in [0.2, 0.25) is 0 Å². The molecule has 0 aromatic carbocycles. The lowest BCUT2D eigenvalue weighted by Gasteiger charge is -2.41. The van der Waals surface area contributed by atoms with Gasteiger partial charge in [-0.05, 0) is 12.8 Å². The van der Waals surface area contributed by atoms with Gasteiger partial charge in [0, 0.05) is 12.6 Å². The monoisotopic (exact) mass is 222 g/mol. The van der Waals surface area contributed by atoms with Gasteiger partial charge in [-0.15, -0.1) is 12.4 Å². The largest absolute Gasteiger partial charge is 0.367 e. The molecule has 0 aromatic rings. The molecule has 2 unspecified atom stereocenters. The van der Waals surface area contributed by atoms with Gasteiger partial charge in [-0.3, -0.25) is 4.79 Å². The standard InChI is InChI=1S/C9H18N2O2.ClH/c1-3-7-9(4-2,8(10)12)13-6-5-11-7;/h7,11H,3-6H2,1-2H3,(H2,10,12);1H. The zero-order valence-electron chi connectivity index (χ0n) is 8.71. The summed E-state index contributed by atoms with van der Waals surface area (Å²) in [5.74, 6) is -0.353. The topological polar surface area (TPSA) is 64.3 Å². The molecule has 84 valence electrons. The van der Waals surface area contributed by atoms with E-state index in [0.29, 0.717) is 13.0 Å². The van der Waals surface area contributed by atoms with Crippen molar-refractivity contribution in [2.75, 3.05) is 13.2 Å². The Morgan fingerprint density at radius 3 is 2.64 bits per heavy atom. The van der Waals surface area contributed by atoms with Crippen LogP contribution in [-0.4, -0.2) is 30.7 Å². The maximum Gasteiger partial charge on any atom is 0.251 e. The first kappa shape index (κ1) is 13.7. The molecule has 0 spiro atoms. The van der Waals surface area contributed by atoms with Gasteiger partial charge >= 0.3 is 0 Å². The van der Waals surface area contributed by atoms with E-state index in [-0.39, 0.29) is 24.4 Å². The Morgan fingerprint density at radius 2 is 2.29 bits per heavy atom. The Labute approximate surface area is 91.0 Å². The minimum atomic E-state index is -0.785. The van der Waals surface area contributed by atoms with Crippen molar-refractivity contribution in [1.82, 2.24) is 5.32 Å². The number of halogens is 1. The van der Waals surface area contributed by atoms with E-state index in [1.54, 1.807) is 0 Å². The number of hydrogen-bond acceptors (Lipinski definition) is 3. The highest BCUT2D eigenvalue weighted by atomic mass is 35.5. The average molecular weight is 223 g/mol. The van der Waals surface area contributed by atoms with Crippen LogP contribution in [0, 0.1) is 0 Å². The minimum Gasteiger partial charge on any atom is -0.367 e. The normalized spacial score (nSPS) is 32.0. The molecule has 1 heterocycles. The number of hydrogen-bond donors (Lipinski definition) is 2. The summed E-state index contributed by atoms with van der Waals surface area (Å²) in [5, 5.41) is 3.27. The molecule has 1 fully saturated rings. The van der Waals surface area contributed by atoms with Gasteiger partial charge in [-0.2, -0.15) is 0 Å². The predicted molar refractivity (Wildman–Crippen MR) is 57.5 cm³/mol. The summed E-state index contributed by atoms with van der Waals surface area (Å²) in [6, 6.07) is 0.0590. The van der Waals surface area contributed by atoms with Gasteiger partial charge in [0.05, 0.1) is 6.61 Å². The van der Waals surface area contributed by atoms with Gasteiger partial charge in [0.2, 0.25) is 0 Å². The number of morpholine rings is 1. The quantitative estimate of drug-likeness (QED) is 0.729. The molecule has 0 radical (unpaired) electrons. The van der Waals surface area contributed by atoms with Crippen molar-refractivity contribution in [3.8, 4) is 0 Å². The molecule has 1 amide bonds. The number of amides is 1. The minimum absolute atomic E-state index is 0. The van der Waals surface area contributed by atoms with Gasteiger partial charge in [0.25, 0.3) is 5.91 Å². The lowest BCUT2D eigenvalue weighted by molar-refractivity contribution is -0.155. The number of carbonyl (C=O) groups is 1. The molecular formula is C9H19ClN2O2. The summed E-state index contributed by atoms with van der Waals surface area (Å²) >= 11 is 0. The molecule has 0 bridgehead atoms. The van der Waals surface area contributed by atoms with Crippen LogP contribution in [0.5, 0.6) is 0 Å². The van der Waals surface area contributed by atoms with Crippen molar-refractivity contribution in [3.63, 3.8) is 0 Å². The van der Waals surface area contributed by atoms with E-state index >= 15 is 0 Å². The van der Waals surface area contributed by atoms with E-state index in [1.807, 2.05) is 13.8 Å². The zero-order chi connectivity index (χ0) is 9.90. The van der Waals surface area contributed by atoms with Gasteiger partial charge < -0.3 is 15.8 Å². The Bertz CT molecular complexity index is 201. The molecular weight excluding hydrogens is 204 g/mol. The smallest absolute Gasteiger partial charge is 0.251 e. The maximum atomic E-state index is 11.3. The molecule has 5 heteroatoms. The third-order valence-electron chi connectivity index (χ3n) is 2.77. The number of ether oxygens (including phenoxy) is 1. The van der Waals surface area contributed by atoms with Crippen LogP contribution in [0.15, 0.2) is 0 Å². The molecule has 0 aromatic heterocycles. The van der Waals surface area contributed by atoms with Gasteiger partial charge in [0.15, 0.2) is 5.60 Å². The molecule has 0 saturated carbocycles. The maximum absolute atomic E-state index is 11.3. The number of rotatable bonds is 3. The lowest BCUT2D eigenvalue weighted by Crippen LogP contribution is -2.63. The van der Waals surface area contributed by atoms with Crippen molar-refractivity contribution in [2.45, 2.75) is 38.3 Å². The molecule has 1 rings (SSSR count). The van der Waals surface area contributed by atoms with E-state index < -0.39 is 5.60 Å². The van der Waals surface area contributed by atoms with Crippen LogP contribution in [0.25, 0.3) is 0 Å². The van der Waals surface area contributed by atoms with E-state index in [2.05, 4.69) is 5.32 Å². The first-order valence-corrected chi connectivity index (χ1v) is 4.84. The summed E-state index contributed by atoms with van der Waals surface area (Å²) in [4.78, 5) is 11.3. The zero-order valence-corrected chi connectivity index (χ0v) is 9.52. The fourth-order valence-electron chi connectivity index (χ4n) is 1.97. The van der Waals surface area contributed by atoms with Gasteiger partial charge in [0.1, 0.15) is 0 Å². The summed E-state index contributed by atoms with van der Waals surface area (Å²) in [5.41, 5.74) is 4.59. The van der Waals surface area contributed by atoms with Gasteiger partial charge in [-0.25, -0.2) is 0 Å². The van der Waals surface area contributed by atoms with Crippen molar-refractivity contribution < 1.29 is 9.53 Å². The lowest BCUT2D eigenvalue weighted by atomic mass is 9.87. The second kappa shape index (κ2) is 5.53. The average Bonchev–Trinajstić information content (AvgIpc) is 2.17. The van der Waals surface area contributed by atoms with Crippen LogP contribution < -0.4 is 11.1 Å². The van der Waals surface area contributed by atoms with Crippen molar-refractivity contribution >= 4 is 18.3 Å². The van der Waals surface area contributed by atoms with E-state index in [4.69, 9.17) is 10.5 Å². The first-order chi connectivity index (χ1) is 6.17. The van der Waals surface area contributed by atoms with Crippen LogP contribution in [0.3, 0.4) is 0 Å². The molecule has 1 saturated heterocycles. The number of nitrogens with one attached hydrogen (secondary N) is 1. The summed E-state index contributed by atoms with van der Waals surface area (Å²) in [6.07, 6.45) is 1.49. The number of nitrogens with two attached hydrogens (primary N) is 1. The van der Waals surface area contributed by atoms with Crippen molar-refractivity contribution in [1.29, 1.82) is 0 Å². The van der Waals surface area contributed by atoms with Crippen molar-refractivity contribution in [2.24, 2.45) is 5.73 Å². The number of carbonyl (C=O) groups excluding carboxylic acids is 1. The third kappa shape index (κ3) is 2.19. The fourth-order valence-corrected chi connectivity index (χ4v) is 1.97. The Balaban J connectivity index is 0.00000169. The summed E-state index contributed by atoms with van der Waals surface area (Å²) in [7, 11) is 0. The fraction of sp³-hybridized carbons (Fsp3) is 0.889. The summed E-state index contributed by atoms with van der Waals surface area (Å²) in [6.45, 7) is 5.32. The van der Waals surface area contributed by atoms with Crippen LogP contribution in [0.4, 0.5) is 0 Å². The molecule has 1 aliphatic rings. The predicted octanol–water partition coefficient (Wildman–Crippen LogP) is 0.441. The number of primary amides is 1. The molecule has 2 atom stereocenters. The Kier molecular flexibility index (Phi) is 5.41. The molecule has 3 N–H and O–H groups in total. The second-order valence-corrected chi connectivity index (χ2v) is 3.37. The summed E-state index contributed by atoms with van der Waals surface area (Å²) < 4.78 is 5.54. The second-order valence-electron chi connectivity index (χ2n) is 3.37. The third-order valence-corrected chi connectivity index (χ3v) is 2.77. The van der Waals surface area contributed by atoms with E-state index in [0.717, 1.165) is 13.0 Å². The molecule has 1 aliphatic heterocycles. The van der Waals surface area contributed by atoms with Crippen LogP contribution in [0.1, 0.15) is 26.7 Å². The van der Waals surface area contributed by atoms with Crippen LogP contribution >= 0.6 is 12.4 Å². The van der Waals surface area contributed by atoms with Gasteiger partial charge in [-0.1, -0.05) is 13.8 Å². The van der Waals surface area contributed by atoms with Crippen LogP contribution in [-0.2, 0) is 9.53 Å². The van der Waals surface area contributed by atoms with Crippen molar-refractivity contribution in [3.05, 3.63) is 0 Å². The van der Waals surface area contributed by atoms with E-state index in [1.165, 1.54) is 0 Å². The molecule has 14 heavy (non-hydrogen) atoms. The Hall–Kier alpha value is -0.320. The Morgan fingerprint density at radius 1 is 1.64 bits per heavy atom. The molecule has 4 nitrogen and oxygen atoms in total. The SMILES string of the molecule is CCC1NCCOC1(CC)C(N)=O.Cl. The highest BCUT2D eigenvalue weighted by Crippen LogP contribution is 2.25. The van der Waals surface area contributed by atoms with E-state index in [9.17, 15) is 4.79 Å². The highest BCUT2D eigenvalue weighted by molar-refractivity contribution is 5.85. The highest BCUT2D eigenvalue weighted by Gasteiger charge is 2.44.